The molecule has 0 radical (unpaired) electrons. The van der Waals surface area contributed by atoms with Crippen LogP contribution in [0, 0.1) is 5.92 Å². The van der Waals surface area contributed by atoms with Crippen molar-refractivity contribution < 1.29 is 9.59 Å². The minimum atomic E-state index is 0.109. The molecule has 6 nitrogen and oxygen atoms in total. The highest BCUT2D eigenvalue weighted by atomic mass is 16.2. The quantitative estimate of drug-likeness (QED) is 0.657. The van der Waals surface area contributed by atoms with Crippen LogP contribution in [0.2, 0.25) is 0 Å². The number of amides is 2. The van der Waals surface area contributed by atoms with E-state index in [2.05, 4.69) is 22.9 Å². The van der Waals surface area contributed by atoms with Crippen LogP contribution in [0.5, 0.6) is 0 Å². The molecule has 3 rings (SSSR count). The molecule has 2 heterocycles. The van der Waals surface area contributed by atoms with E-state index < -0.39 is 0 Å². The maximum absolute atomic E-state index is 12.9. The van der Waals surface area contributed by atoms with Gasteiger partial charge in [-0.3, -0.25) is 9.59 Å². The number of aryl methyl sites for hydroxylation is 1. The second kappa shape index (κ2) is 10.4. The van der Waals surface area contributed by atoms with Crippen molar-refractivity contribution >= 4 is 22.8 Å². The van der Waals surface area contributed by atoms with Gasteiger partial charge in [0.15, 0.2) is 0 Å². The number of hydrogen-bond acceptors (Lipinski definition) is 3. The van der Waals surface area contributed by atoms with E-state index in [4.69, 9.17) is 4.98 Å². The van der Waals surface area contributed by atoms with E-state index in [0.29, 0.717) is 18.9 Å². The first kappa shape index (κ1) is 21.3. The molecule has 0 spiro atoms. The topological polar surface area (TPSA) is 67.2 Å². The third-order valence-corrected chi connectivity index (χ3v) is 5.88. The Labute approximate surface area is 173 Å². The Balaban J connectivity index is 1.60. The second-order valence-electron chi connectivity index (χ2n) is 8.18. The molecule has 1 aliphatic heterocycles. The Bertz CT molecular complexity index is 821. The molecule has 2 amide bonds. The van der Waals surface area contributed by atoms with Crippen molar-refractivity contribution in [2.45, 2.75) is 65.3 Å². The third-order valence-electron chi connectivity index (χ3n) is 5.88. The van der Waals surface area contributed by atoms with Gasteiger partial charge < -0.3 is 14.8 Å². The van der Waals surface area contributed by atoms with Crippen molar-refractivity contribution in [3.63, 3.8) is 0 Å². The van der Waals surface area contributed by atoms with Gasteiger partial charge in [0.25, 0.3) is 0 Å². The molecule has 0 saturated carbocycles. The number of carbonyl (C=O) groups is 2. The molecular formula is C23H34N4O2. The van der Waals surface area contributed by atoms with E-state index in [0.717, 1.165) is 75.0 Å². The molecule has 158 valence electrons. The maximum atomic E-state index is 12.9. The number of carbonyl (C=O) groups excluding carboxylic acids is 2. The highest BCUT2D eigenvalue weighted by molar-refractivity contribution is 5.81. The molecule has 1 aromatic carbocycles. The summed E-state index contributed by atoms with van der Waals surface area (Å²) in [6.45, 7) is 6.96. The minimum absolute atomic E-state index is 0.109. The molecule has 1 saturated heterocycles. The van der Waals surface area contributed by atoms with Crippen molar-refractivity contribution in [2.24, 2.45) is 5.92 Å². The summed E-state index contributed by atoms with van der Waals surface area (Å²) < 4.78 is 2.11. The minimum Gasteiger partial charge on any atom is -0.356 e. The molecule has 1 N–H and O–H groups in total. The number of nitrogens with one attached hydrogen (secondary N) is 1. The highest BCUT2D eigenvalue weighted by Crippen LogP contribution is 2.20. The van der Waals surface area contributed by atoms with E-state index in [1.807, 2.05) is 30.0 Å². The summed E-state index contributed by atoms with van der Waals surface area (Å²) in [5.41, 5.74) is 1.99. The van der Waals surface area contributed by atoms with E-state index in [1.165, 1.54) is 0 Å². The first-order chi connectivity index (χ1) is 14.1. The van der Waals surface area contributed by atoms with Gasteiger partial charge >= 0.3 is 0 Å². The van der Waals surface area contributed by atoms with Gasteiger partial charge in [-0.2, -0.15) is 0 Å². The van der Waals surface area contributed by atoms with Crippen LogP contribution in [0.4, 0.5) is 0 Å². The highest BCUT2D eigenvalue weighted by Gasteiger charge is 2.22. The Morgan fingerprint density at radius 2 is 1.90 bits per heavy atom. The van der Waals surface area contributed by atoms with E-state index >= 15 is 0 Å². The Kier molecular flexibility index (Phi) is 7.67. The molecule has 0 unspecified atom stereocenters. The lowest BCUT2D eigenvalue weighted by Gasteiger charge is -2.30. The number of rotatable bonds is 9. The fourth-order valence-electron chi connectivity index (χ4n) is 3.92. The third kappa shape index (κ3) is 5.81. The van der Waals surface area contributed by atoms with Crippen molar-refractivity contribution in [3.8, 4) is 0 Å². The number of fused-ring (bicyclic) bond motifs is 1. The number of likely N-dealkylation sites (tertiary alicyclic amines) is 1. The van der Waals surface area contributed by atoms with Gasteiger partial charge in [-0.15, -0.1) is 0 Å². The van der Waals surface area contributed by atoms with E-state index in [9.17, 15) is 9.59 Å². The molecule has 0 aliphatic carbocycles. The summed E-state index contributed by atoms with van der Waals surface area (Å²) in [5, 5.41) is 2.92. The monoisotopic (exact) mass is 398 g/mol. The summed E-state index contributed by atoms with van der Waals surface area (Å²) in [4.78, 5) is 31.0. The van der Waals surface area contributed by atoms with Crippen LogP contribution in [0.1, 0.15) is 58.2 Å². The molecule has 0 bridgehead atoms. The SMILES string of the molecule is CCC(=O)NCCCCCc1nc2ccccc2n1CC(=O)N1CCC(C)CC1. The van der Waals surface area contributed by atoms with Crippen molar-refractivity contribution in [3.05, 3.63) is 30.1 Å². The lowest BCUT2D eigenvalue weighted by Crippen LogP contribution is -2.39. The summed E-state index contributed by atoms with van der Waals surface area (Å²) >= 11 is 0. The fourth-order valence-corrected chi connectivity index (χ4v) is 3.92. The van der Waals surface area contributed by atoms with Crippen LogP contribution in [-0.2, 0) is 22.6 Å². The summed E-state index contributed by atoms with van der Waals surface area (Å²) in [5.74, 6) is 2.01. The van der Waals surface area contributed by atoms with Crippen LogP contribution < -0.4 is 5.32 Å². The van der Waals surface area contributed by atoms with Crippen LogP contribution in [0.25, 0.3) is 11.0 Å². The van der Waals surface area contributed by atoms with E-state index in [1.54, 1.807) is 0 Å². The molecule has 2 aromatic rings. The van der Waals surface area contributed by atoms with Crippen LogP contribution in [0.15, 0.2) is 24.3 Å². The first-order valence-corrected chi connectivity index (χ1v) is 11.1. The van der Waals surface area contributed by atoms with Gasteiger partial charge in [0.05, 0.1) is 11.0 Å². The second-order valence-corrected chi connectivity index (χ2v) is 8.18. The molecule has 1 aromatic heterocycles. The maximum Gasteiger partial charge on any atom is 0.242 e. The normalized spacial score (nSPS) is 15.0. The largest absolute Gasteiger partial charge is 0.356 e. The Morgan fingerprint density at radius 1 is 1.14 bits per heavy atom. The van der Waals surface area contributed by atoms with Crippen LogP contribution >= 0.6 is 0 Å². The smallest absolute Gasteiger partial charge is 0.242 e. The number of imidazole rings is 1. The van der Waals surface area contributed by atoms with Gasteiger partial charge in [0.2, 0.25) is 11.8 Å². The van der Waals surface area contributed by atoms with E-state index in [-0.39, 0.29) is 11.8 Å². The van der Waals surface area contributed by atoms with Crippen molar-refractivity contribution in [1.29, 1.82) is 0 Å². The first-order valence-electron chi connectivity index (χ1n) is 11.1. The van der Waals surface area contributed by atoms with Gasteiger partial charge in [-0.05, 0) is 43.7 Å². The number of aromatic nitrogens is 2. The number of hydrogen-bond donors (Lipinski definition) is 1. The van der Waals surface area contributed by atoms with Crippen molar-refractivity contribution in [2.75, 3.05) is 19.6 Å². The Hall–Kier alpha value is -2.37. The zero-order chi connectivity index (χ0) is 20.6. The Morgan fingerprint density at radius 3 is 2.66 bits per heavy atom. The predicted octanol–water partition coefficient (Wildman–Crippen LogP) is 3.53. The van der Waals surface area contributed by atoms with Gasteiger partial charge in [0, 0.05) is 32.5 Å². The van der Waals surface area contributed by atoms with Crippen LogP contribution in [0.3, 0.4) is 0 Å². The zero-order valence-corrected chi connectivity index (χ0v) is 17.8. The molecule has 1 fully saturated rings. The van der Waals surface area contributed by atoms with Crippen LogP contribution in [-0.4, -0.2) is 45.9 Å². The molecule has 6 heteroatoms. The molecule has 1 aliphatic rings. The average Bonchev–Trinajstić information content (AvgIpc) is 3.08. The predicted molar refractivity (Wildman–Crippen MR) is 116 cm³/mol. The summed E-state index contributed by atoms with van der Waals surface area (Å²) in [6.07, 6.45) is 6.58. The number of unbranched alkanes of at least 4 members (excludes halogenated alkanes) is 2. The fraction of sp³-hybridized carbons (Fsp3) is 0.609. The average molecular weight is 399 g/mol. The molecular weight excluding hydrogens is 364 g/mol. The van der Waals surface area contributed by atoms with Gasteiger partial charge in [0.1, 0.15) is 12.4 Å². The lowest BCUT2D eigenvalue weighted by molar-refractivity contribution is -0.133. The number of piperidine rings is 1. The summed E-state index contributed by atoms with van der Waals surface area (Å²) in [6, 6.07) is 8.07. The van der Waals surface area contributed by atoms with Gasteiger partial charge in [-0.25, -0.2) is 4.98 Å². The number of benzene rings is 1. The standard InChI is InChI=1S/C23H34N4O2/c1-3-22(28)24-14-8-4-5-11-21-25-19-9-6-7-10-20(19)27(21)17-23(29)26-15-12-18(2)13-16-26/h6-7,9-10,18H,3-5,8,11-17H2,1-2H3,(H,24,28). The summed E-state index contributed by atoms with van der Waals surface area (Å²) in [7, 11) is 0. The molecule has 0 atom stereocenters. The lowest BCUT2D eigenvalue weighted by atomic mass is 9.99. The zero-order valence-electron chi connectivity index (χ0n) is 17.8. The van der Waals surface area contributed by atoms with Crippen molar-refractivity contribution in [1.82, 2.24) is 19.8 Å². The number of para-hydroxylation sites is 2. The molecule has 29 heavy (non-hydrogen) atoms. The van der Waals surface area contributed by atoms with Gasteiger partial charge in [-0.1, -0.05) is 32.4 Å². The number of nitrogens with zero attached hydrogens (tertiary/aromatic N) is 3.